The number of carbonyl (C=O) groups excluding carboxylic acids is 1. The van der Waals surface area contributed by atoms with Crippen molar-refractivity contribution in [1.82, 2.24) is 9.55 Å². The number of carboxylic acid groups (broad SMARTS) is 1. The van der Waals surface area contributed by atoms with E-state index >= 15 is 0 Å². The lowest BCUT2D eigenvalue weighted by atomic mass is 10.1. The van der Waals surface area contributed by atoms with Crippen LogP contribution in [0, 0.1) is 0 Å². The molecule has 0 saturated heterocycles. The van der Waals surface area contributed by atoms with Gasteiger partial charge in [0.05, 0.1) is 37.0 Å². The van der Waals surface area contributed by atoms with E-state index in [1.807, 2.05) is 37.4 Å². The van der Waals surface area contributed by atoms with Crippen molar-refractivity contribution in [2.24, 2.45) is 0 Å². The van der Waals surface area contributed by atoms with E-state index in [0.29, 0.717) is 6.54 Å². The minimum Gasteiger partial charge on any atom is -0.545 e. The van der Waals surface area contributed by atoms with Crippen molar-refractivity contribution in [2.45, 2.75) is 13.0 Å². The van der Waals surface area contributed by atoms with Gasteiger partial charge in [-0.2, -0.15) is 0 Å². The van der Waals surface area contributed by atoms with E-state index < -0.39 is 5.97 Å². The Morgan fingerprint density at radius 3 is 2.83 bits per heavy atom. The highest BCUT2D eigenvalue weighted by Gasteiger charge is 2.11. The number of hydrogen-bond donors (Lipinski definition) is 1. The summed E-state index contributed by atoms with van der Waals surface area (Å²) in [5.74, 6) is -0.133. The van der Waals surface area contributed by atoms with Gasteiger partial charge in [-0.25, -0.2) is 4.98 Å². The molecule has 0 fully saturated rings. The van der Waals surface area contributed by atoms with Crippen molar-refractivity contribution in [2.75, 3.05) is 13.6 Å². The van der Waals surface area contributed by atoms with Gasteiger partial charge in [-0.3, -0.25) is 0 Å². The predicted molar refractivity (Wildman–Crippen MR) is 86.0 cm³/mol. The van der Waals surface area contributed by atoms with Crippen LogP contribution in [0.5, 0.6) is 0 Å². The van der Waals surface area contributed by atoms with Crippen LogP contribution >= 0.6 is 0 Å². The molecule has 1 heterocycles. The zero-order valence-electron chi connectivity index (χ0n) is 13.0. The third kappa shape index (κ3) is 3.24. The van der Waals surface area contributed by atoms with E-state index in [0.717, 1.165) is 35.4 Å². The normalized spacial score (nSPS) is 11.0. The van der Waals surface area contributed by atoms with E-state index in [4.69, 9.17) is 4.98 Å². The second-order valence-corrected chi connectivity index (χ2v) is 5.54. The van der Waals surface area contributed by atoms with Crippen molar-refractivity contribution in [3.63, 3.8) is 0 Å². The zero-order valence-corrected chi connectivity index (χ0v) is 13.0. The minimum absolute atomic E-state index is 0.204. The van der Waals surface area contributed by atoms with Crippen LogP contribution in [-0.2, 0) is 13.0 Å². The van der Waals surface area contributed by atoms with Crippen molar-refractivity contribution in [1.29, 1.82) is 0 Å². The third-order valence-corrected chi connectivity index (χ3v) is 3.89. The molecule has 1 aromatic heterocycles. The number of imidazole rings is 1. The summed E-state index contributed by atoms with van der Waals surface area (Å²) in [7, 11) is 2.04. The number of aromatic carboxylic acids is 1. The summed E-state index contributed by atoms with van der Waals surface area (Å²) in [6.45, 7) is 1.56. The number of likely N-dealkylation sites (N-methyl/N-ethyl adjacent to an activating group) is 1. The maximum absolute atomic E-state index is 11.0. The Hall–Kier alpha value is -2.66. The summed E-state index contributed by atoms with van der Waals surface area (Å²) in [6.07, 6.45) is 0.866. The first kappa shape index (κ1) is 15.2. The highest BCUT2D eigenvalue weighted by molar-refractivity contribution is 5.85. The largest absolute Gasteiger partial charge is 0.545 e. The van der Waals surface area contributed by atoms with Gasteiger partial charge in [-0.15, -0.1) is 0 Å². The monoisotopic (exact) mass is 309 g/mol. The lowest BCUT2D eigenvalue weighted by molar-refractivity contribution is -0.626. The molecule has 0 saturated carbocycles. The number of rotatable bonds is 6. The van der Waals surface area contributed by atoms with Crippen LogP contribution in [0.25, 0.3) is 11.0 Å². The number of para-hydroxylation sites is 2. The molecule has 3 aromatic rings. The summed E-state index contributed by atoms with van der Waals surface area (Å²) in [4.78, 5) is 15.8. The second-order valence-electron chi connectivity index (χ2n) is 5.54. The maximum Gasteiger partial charge on any atom is 0.115 e. The molecule has 0 amide bonds. The quantitative estimate of drug-likeness (QED) is 0.706. The Morgan fingerprint density at radius 2 is 2.04 bits per heavy atom. The molecule has 2 N–H and O–H groups in total. The second kappa shape index (κ2) is 6.62. The number of benzene rings is 2. The zero-order chi connectivity index (χ0) is 16.2. The standard InChI is InChI=1S/C18H19N3O2/c1-19-10-9-17-20-15-7-2-3-8-16(15)21(17)12-13-5-4-6-14(11-13)18(22)23/h2-8,11,19H,9-10,12H2,1H3,(H,22,23). The average molecular weight is 309 g/mol. The predicted octanol–water partition coefficient (Wildman–Crippen LogP) is 0.184. The number of carbonyl (C=O) groups is 1. The van der Waals surface area contributed by atoms with Gasteiger partial charge < -0.3 is 19.8 Å². The smallest absolute Gasteiger partial charge is 0.115 e. The molecule has 0 radical (unpaired) electrons. The molecule has 0 aliphatic heterocycles. The molecule has 0 atom stereocenters. The number of aromatic nitrogens is 2. The van der Waals surface area contributed by atoms with Gasteiger partial charge >= 0.3 is 0 Å². The van der Waals surface area contributed by atoms with Crippen LogP contribution in [0.4, 0.5) is 0 Å². The van der Waals surface area contributed by atoms with E-state index in [1.165, 1.54) is 0 Å². The van der Waals surface area contributed by atoms with Gasteiger partial charge in [0.15, 0.2) is 0 Å². The van der Waals surface area contributed by atoms with E-state index in [1.54, 1.807) is 18.2 Å². The number of hydrogen-bond acceptors (Lipinski definition) is 3. The first-order valence-corrected chi connectivity index (χ1v) is 7.71. The van der Waals surface area contributed by atoms with Crippen LogP contribution in [-0.4, -0.2) is 29.1 Å². The molecular weight excluding hydrogens is 290 g/mol. The summed E-state index contributed by atoms with van der Waals surface area (Å²) in [5, 5.41) is 13.2. The van der Waals surface area contributed by atoms with Gasteiger partial charge in [0.25, 0.3) is 0 Å². The van der Waals surface area contributed by atoms with Crippen LogP contribution in [0.3, 0.4) is 0 Å². The van der Waals surface area contributed by atoms with Crippen LogP contribution in [0.15, 0.2) is 48.5 Å². The molecule has 2 aromatic carbocycles. The number of carboxylic acids is 1. The van der Waals surface area contributed by atoms with Gasteiger partial charge in [0, 0.05) is 6.54 Å². The molecule has 5 heteroatoms. The first-order valence-electron chi connectivity index (χ1n) is 7.71. The van der Waals surface area contributed by atoms with Crippen molar-refractivity contribution < 1.29 is 15.2 Å². The molecule has 3 rings (SSSR count). The number of nitrogens with zero attached hydrogens (tertiary/aromatic N) is 2. The van der Waals surface area contributed by atoms with Crippen molar-refractivity contribution in [3.05, 3.63) is 65.5 Å². The van der Waals surface area contributed by atoms with E-state index in [9.17, 15) is 9.90 Å². The lowest BCUT2D eigenvalue weighted by Crippen LogP contribution is -2.80. The fourth-order valence-electron chi connectivity index (χ4n) is 2.75. The Morgan fingerprint density at radius 1 is 1.22 bits per heavy atom. The SMILES string of the molecule is C[NH2+]CCc1nc2ccccc2n1Cc1cccc(C(=O)[O-])c1. The van der Waals surface area contributed by atoms with Crippen molar-refractivity contribution >= 4 is 17.0 Å². The minimum atomic E-state index is -1.15. The van der Waals surface area contributed by atoms with Crippen LogP contribution < -0.4 is 10.4 Å². The summed E-state index contributed by atoms with van der Waals surface area (Å²) in [5.41, 5.74) is 3.17. The van der Waals surface area contributed by atoms with Crippen molar-refractivity contribution in [3.8, 4) is 0 Å². The highest BCUT2D eigenvalue weighted by Crippen LogP contribution is 2.18. The molecule has 0 aliphatic rings. The fourth-order valence-corrected chi connectivity index (χ4v) is 2.75. The molecule has 0 bridgehead atoms. The van der Waals surface area contributed by atoms with E-state index in [-0.39, 0.29) is 5.56 Å². The topological polar surface area (TPSA) is 74.6 Å². The first-order chi connectivity index (χ1) is 11.2. The van der Waals surface area contributed by atoms with Gasteiger partial charge in [0.2, 0.25) is 0 Å². The van der Waals surface area contributed by atoms with Crippen LogP contribution in [0.2, 0.25) is 0 Å². The Bertz CT molecular complexity index is 839. The molecular formula is C18H19N3O2. The molecule has 5 nitrogen and oxygen atoms in total. The van der Waals surface area contributed by atoms with Gasteiger partial charge in [-0.05, 0) is 29.3 Å². The Labute approximate surface area is 134 Å². The Kier molecular flexibility index (Phi) is 4.39. The van der Waals surface area contributed by atoms with Gasteiger partial charge in [0.1, 0.15) is 5.82 Å². The molecule has 0 unspecified atom stereocenters. The molecule has 118 valence electrons. The van der Waals surface area contributed by atoms with Crippen LogP contribution in [0.1, 0.15) is 21.7 Å². The number of quaternary nitrogens is 1. The maximum atomic E-state index is 11.0. The molecule has 0 aliphatic carbocycles. The fraction of sp³-hybridized carbons (Fsp3) is 0.222. The summed E-state index contributed by atoms with van der Waals surface area (Å²) in [6, 6.07) is 14.9. The third-order valence-electron chi connectivity index (χ3n) is 3.89. The summed E-state index contributed by atoms with van der Waals surface area (Å²) < 4.78 is 2.16. The number of fused-ring (bicyclic) bond motifs is 1. The average Bonchev–Trinajstić information content (AvgIpc) is 2.91. The number of nitrogens with two attached hydrogens (primary N) is 1. The highest BCUT2D eigenvalue weighted by atomic mass is 16.4. The molecule has 0 spiro atoms. The molecule has 23 heavy (non-hydrogen) atoms. The lowest BCUT2D eigenvalue weighted by Gasteiger charge is -2.11. The summed E-state index contributed by atoms with van der Waals surface area (Å²) >= 11 is 0. The van der Waals surface area contributed by atoms with E-state index in [2.05, 4.69) is 9.88 Å². The Balaban J connectivity index is 2.00. The van der Waals surface area contributed by atoms with Gasteiger partial charge in [-0.1, -0.05) is 30.3 Å².